The first-order chi connectivity index (χ1) is 10.7. The molecule has 1 heterocycles. The van der Waals surface area contributed by atoms with Crippen molar-refractivity contribution in [1.29, 1.82) is 0 Å². The summed E-state index contributed by atoms with van der Waals surface area (Å²) in [7, 11) is 3.16. The highest BCUT2D eigenvalue weighted by Crippen LogP contribution is 2.28. The Morgan fingerprint density at radius 1 is 1.36 bits per heavy atom. The van der Waals surface area contributed by atoms with E-state index in [1.807, 2.05) is 0 Å². The van der Waals surface area contributed by atoms with E-state index < -0.39 is 0 Å². The van der Waals surface area contributed by atoms with E-state index in [0.717, 1.165) is 26.0 Å². The molecule has 0 bridgehead atoms. The van der Waals surface area contributed by atoms with E-state index in [1.54, 1.807) is 32.4 Å². The molecule has 122 valence electrons. The molecule has 0 spiro atoms. The lowest BCUT2D eigenvalue weighted by Gasteiger charge is -2.13. The lowest BCUT2D eigenvalue weighted by molar-refractivity contribution is -0.116. The smallest absolute Gasteiger partial charge is 0.225 e. The number of nitrogens with one attached hydrogen (secondary N) is 2. The van der Waals surface area contributed by atoms with E-state index in [4.69, 9.17) is 14.2 Å². The maximum atomic E-state index is 12.0. The summed E-state index contributed by atoms with van der Waals surface area (Å²) in [5, 5.41) is 6.10. The fraction of sp³-hybridized carbons (Fsp3) is 0.562. The van der Waals surface area contributed by atoms with Gasteiger partial charge in [-0.15, -0.1) is 0 Å². The number of carbonyl (C=O) groups excluding carboxylic acids is 1. The van der Waals surface area contributed by atoms with Crippen molar-refractivity contribution in [2.24, 2.45) is 0 Å². The minimum Gasteiger partial charge on any atom is -0.497 e. The predicted octanol–water partition coefficient (Wildman–Crippen LogP) is 1.80. The van der Waals surface area contributed by atoms with Crippen LogP contribution in [-0.2, 0) is 9.53 Å². The molecule has 1 saturated heterocycles. The minimum absolute atomic E-state index is 0.0635. The molecule has 1 aliphatic heterocycles. The zero-order chi connectivity index (χ0) is 15.8. The summed E-state index contributed by atoms with van der Waals surface area (Å²) in [6.07, 6.45) is 2.91. The van der Waals surface area contributed by atoms with Gasteiger partial charge in [0.2, 0.25) is 5.91 Å². The quantitative estimate of drug-likeness (QED) is 0.717. The number of hydrogen-bond donors (Lipinski definition) is 2. The molecule has 1 aromatic carbocycles. The zero-order valence-corrected chi connectivity index (χ0v) is 13.2. The number of methoxy groups -OCH3 is 2. The molecule has 1 unspecified atom stereocenters. The maximum absolute atomic E-state index is 12.0. The molecule has 6 heteroatoms. The fourth-order valence-corrected chi connectivity index (χ4v) is 2.39. The molecule has 0 radical (unpaired) electrons. The molecule has 1 atom stereocenters. The van der Waals surface area contributed by atoms with Crippen LogP contribution in [0.15, 0.2) is 18.2 Å². The average molecular weight is 308 g/mol. The molecule has 1 amide bonds. The second-order valence-corrected chi connectivity index (χ2v) is 5.20. The van der Waals surface area contributed by atoms with Crippen LogP contribution in [0.1, 0.15) is 19.3 Å². The maximum Gasteiger partial charge on any atom is 0.225 e. The third kappa shape index (κ3) is 4.89. The van der Waals surface area contributed by atoms with E-state index in [1.165, 1.54) is 0 Å². The van der Waals surface area contributed by atoms with Crippen LogP contribution in [0.3, 0.4) is 0 Å². The third-order valence-corrected chi connectivity index (χ3v) is 3.61. The first kappa shape index (κ1) is 16.6. The Bertz CT molecular complexity index is 487. The number of amides is 1. The van der Waals surface area contributed by atoms with Gasteiger partial charge < -0.3 is 24.8 Å². The number of anilines is 1. The molecule has 22 heavy (non-hydrogen) atoms. The summed E-state index contributed by atoms with van der Waals surface area (Å²) < 4.78 is 15.9. The minimum atomic E-state index is -0.0635. The highest BCUT2D eigenvalue weighted by atomic mass is 16.5. The molecule has 1 aromatic rings. The molecule has 1 aliphatic rings. The zero-order valence-electron chi connectivity index (χ0n) is 13.2. The number of rotatable bonds is 8. The van der Waals surface area contributed by atoms with Gasteiger partial charge in [0.25, 0.3) is 0 Å². The lowest BCUT2D eigenvalue weighted by atomic mass is 10.2. The van der Waals surface area contributed by atoms with Gasteiger partial charge in [0.15, 0.2) is 0 Å². The Balaban J connectivity index is 1.76. The largest absolute Gasteiger partial charge is 0.497 e. The van der Waals surface area contributed by atoms with Crippen LogP contribution in [0.25, 0.3) is 0 Å². The number of benzene rings is 1. The second kappa shape index (κ2) is 8.60. The predicted molar refractivity (Wildman–Crippen MR) is 84.6 cm³/mol. The summed E-state index contributed by atoms with van der Waals surface area (Å²) in [5.74, 6) is 1.22. The molecule has 0 saturated carbocycles. The van der Waals surface area contributed by atoms with Gasteiger partial charge in [0.1, 0.15) is 11.5 Å². The van der Waals surface area contributed by atoms with Crippen molar-refractivity contribution in [1.82, 2.24) is 5.32 Å². The lowest BCUT2D eigenvalue weighted by Crippen LogP contribution is -2.29. The first-order valence-electron chi connectivity index (χ1n) is 7.57. The summed E-state index contributed by atoms with van der Waals surface area (Å²) in [6.45, 7) is 2.27. The van der Waals surface area contributed by atoms with Crippen molar-refractivity contribution in [3.8, 4) is 11.5 Å². The molecule has 1 fully saturated rings. The van der Waals surface area contributed by atoms with Gasteiger partial charge in [0, 0.05) is 32.2 Å². The molecular formula is C16H24N2O4. The van der Waals surface area contributed by atoms with Crippen molar-refractivity contribution in [2.75, 3.05) is 39.2 Å². The Kier molecular flexibility index (Phi) is 6.48. The standard InChI is InChI=1S/C16H24N2O4/c1-20-12-5-6-15(21-2)14(10-12)18-16(19)7-8-17-11-13-4-3-9-22-13/h5-6,10,13,17H,3-4,7-9,11H2,1-2H3,(H,18,19). The SMILES string of the molecule is COc1ccc(OC)c(NC(=O)CCNCC2CCCO2)c1. The number of ether oxygens (including phenoxy) is 3. The van der Waals surface area contributed by atoms with Crippen molar-refractivity contribution in [3.05, 3.63) is 18.2 Å². The van der Waals surface area contributed by atoms with Gasteiger partial charge in [-0.1, -0.05) is 0 Å². The van der Waals surface area contributed by atoms with Gasteiger partial charge in [-0.25, -0.2) is 0 Å². The average Bonchev–Trinajstić information content (AvgIpc) is 3.05. The molecule has 2 rings (SSSR count). The number of carbonyl (C=O) groups is 1. The van der Waals surface area contributed by atoms with Crippen molar-refractivity contribution >= 4 is 11.6 Å². The summed E-state index contributed by atoms with van der Waals surface area (Å²) in [5.41, 5.74) is 0.617. The van der Waals surface area contributed by atoms with Crippen molar-refractivity contribution in [2.45, 2.75) is 25.4 Å². The number of hydrogen-bond acceptors (Lipinski definition) is 5. The second-order valence-electron chi connectivity index (χ2n) is 5.20. The van der Waals surface area contributed by atoms with Crippen LogP contribution in [-0.4, -0.2) is 45.9 Å². The Morgan fingerprint density at radius 2 is 2.23 bits per heavy atom. The highest BCUT2D eigenvalue weighted by Gasteiger charge is 2.15. The third-order valence-electron chi connectivity index (χ3n) is 3.61. The molecule has 2 N–H and O–H groups in total. The van der Waals surface area contributed by atoms with E-state index in [-0.39, 0.29) is 5.91 Å². The topological polar surface area (TPSA) is 68.8 Å². The normalized spacial score (nSPS) is 17.3. The van der Waals surface area contributed by atoms with Crippen LogP contribution in [0.5, 0.6) is 11.5 Å². The van der Waals surface area contributed by atoms with Gasteiger partial charge in [-0.3, -0.25) is 4.79 Å². The van der Waals surface area contributed by atoms with Gasteiger partial charge in [-0.2, -0.15) is 0 Å². The van der Waals surface area contributed by atoms with Gasteiger partial charge >= 0.3 is 0 Å². The molecule has 0 aliphatic carbocycles. The Labute approximate surface area is 131 Å². The van der Waals surface area contributed by atoms with Gasteiger partial charge in [0.05, 0.1) is 26.0 Å². The van der Waals surface area contributed by atoms with Gasteiger partial charge in [-0.05, 0) is 25.0 Å². The van der Waals surface area contributed by atoms with E-state index in [9.17, 15) is 4.79 Å². The highest BCUT2D eigenvalue weighted by molar-refractivity contribution is 5.92. The summed E-state index contributed by atoms with van der Waals surface area (Å²) >= 11 is 0. The van der Waals surface area contributed by atoms with Crippen molar-refractivity contribution in [3.63, 3.8) is 0 Å². The Hall–Kier alpha value is -1.79. The molecule has 6 nitrogen and oxygen atoms in total. The van der Waals surface area contributed by atoms with Crippen LogP contribution in [0.2, 0.25) is 0 Å². The molecule has 0 aromatic heterocycles. The van der Waals surface area contributed by atoms with E-state index in [2.05, 4.69) is 10.6 Å². The fourth-order valence-electron chi connectivity index (χ4n) is 2.39. The van der Waals surface area contributed by atoms with Crippen LogP contribution in [0, 0.1) is 0 Å². The Morgan fingerprint density at radius 3 is 2.91 bits per heavy atom. The first-order valence-corrected chi connectivity index (χ1v) is 7.57. The summed E-state index contributed by atoms with van der Waals surface area (Å²) in [4.78, 5) is 12.0. The van der Waals surface area contributed by atoms with E-state index in [0.29, 0.717) is 36.3 Å². The van der Waals surface area contributed by atoms with Crippen molar-refractivity contribution < 1.29 is 19.0 Å². The van der Waals surface area contributed by atoms with Crippen LogP contribution < -0.4 is 20.1 Å². The monoisotopic (exact) mass is 308 g/mol. The van der Waals surface area contributed by atoms with E-state index >= 15 is 0 Å². The van der Waals surface area contributed by atoms with Crippen LogP contribution >= 0.6 is 0 Å². The van der Waals surface area contributed by atoms with Crippen LogP contribution in [0.4, 0.5) is 5.69 Å². The molecular weight excluding hydrogens is 284 g/mol. The summed E-state index contributed by atoms with van der Waals surface area (Å²) in [6, 6.07) is 5.30.